The summed E-state index contributed by atoms with van der Waals surface area (Å²) >= 11 is 0. The predicted octanol–water partition coefficient (Wildman–Crippen LogP) is 3.86. The average Bonchev–Trinajstić information content (AvgIpc) is 3.17. The molecule has 1 aromatic heterocycles. The van der Waals surface area contributed by atoms with Gasteiger partial charge in [0.05, 0.1) is 18.4 Å². The standard InChI is InChI=1S/C22H23F3N4O2/c1-27(15-18-8-6-7-11-20(18)31-22(23,24)25)16-21(30)28(2)13-17-12-26-29(14-17)19-9-4-3-5-10-19/h3-12,14H,13,15-16H2,1-2H3. The zero-order chi connectivity index (χ0) is 22.4. The van der Waals surface area contributed by atoms with Crippen LogP contribution in [0, 0.1) is 0 Å². The lowest BCUT2D eigenvalue weighted by Crippen LogP contribution is -2.36. The molecule has 0 atom stereocenters. The maximum atomic E-state index is 12.6. The lowest BCUT2D eigenvalue weighted by atomic mass is 10.2. The third kappa shape index (κ3) is 6.58. The second-order valence-corrected chi connectivity index (χ2v) is 7.21. The Morgan fingerprint density at radius 3 is 2.42 bits per heavy atom. The summed E-state index contributed by atoms with van der Waals surface area (Å²) in [5.74, 6) is -0.430. The highest BCUT2D eigenvalue weighted by Crippen LogP contribution is 2.26. The molecule has 3 aromatic rings. The van der Waals surface area contributed by atoms with Crippen molar-refractivity contribution in [2.45, 2.75) is 19.5 Å². The minimum Gasteiger partial charge on any atom is -0.405 e. The van der Waals surface area contributed by atoms with E-state index in [9.17, 15) is 18.0 Å². The third-order valence-electron chi connectivity index (χ3n) is 4.55. The largest absolute Gasteiger partial charge is 0.573 e. The highest BCUT2D eigenvalue weighted by atomic mass is 19.4. The van der Waals surface area contributed by atoms with E-state index in [1.807, 2.05) is 36.5 Å². The Bertz CT molecular complexity index is 1010. The van der Waals surface area contributed by atoms with E-state index in [0.29, 0.717) is 12.1 Å². The number of nitrogens with zero attached hydrogens (tertiary/aromatic N) is 4. The molecule has 31 heavy (non-hydrogen) atoms. The van der Waals surface area contributed by atoms with Gasteiger partial charge < -0.3 is 9.64 Å². The molecule has 2 aromatic carbocycles. The molecule has 0 radical (unpaired) electrons. The summed E-state index contributed by atoms with van der Waals surface area (Å²) in [6, 6.07) is 15.5. The van der Waals surface area contributed by atoms with Crippen LogP contribution in [0.1, 0.15) is 11.1 Å². The van der Waals surface area contributed by atoms with Gasteiger partial charge in [0.25, 0.3) is 0 Å². The smallest absolute Gasteiger partial charge is 0.405 e. The maximum Gasteiger partial charge on any atom is 0.573 e. The summed E-state index contributed by atoms with van der Waals surface area (Å²) in [5, 5.41) is 4.32. The lowest BCUT2D eigenvalue weighted by molar-refractivity contribution is -0.275. The summed E-state index contributed by atoms with van der Waals surface area (Å²) in [4.78, 5) is 15.8. The fourth-order valence-corrected chi connectivity index (χ4v) is 3.08. The van der Waals surface area contributed by atoms with Crippen LogP contribution in [0.2, 0.25) is 0 Å². The highest BCUT2D eigenvalue weighted by Gasteiger charge is 2.32. The molecule has 0 spiro atoms. The quantitative estimate of drug-likeness (QED) is 0.543. The number of hydrogen-bond donors (Lipinski definition) is 0. The number of para-hydroxylation sites is 2. The molecule has 0 saturated carbocycles. The summed E-state index contributed by atoms with van der Waals surface area (Å²) in [7, 11) is 3.35. The third-order valence-corrected chi connectivity index (χ3v) is 4.55. The zero-order valence-corrected chi connectivity index (χ0v) is 17.2. The number of rotatable bonds is 8. The minimum absolute atomic E-state index is 0.0453. The normalized spacial score (nSPS) is 11.5. The van der Waals surface area contributed by atoms with Crippen LogP contribution in [0.15, 0.2) is 67.0 Å². The fraction of sp³-hybridized carbons (Fsp3) is 0.273. The van der Waals surface area contributed by atoms with Crippen LogP contribution < -0.4 is 4.74 Å². The van der Waals surface area contributed by atoms with Gasteiger partial charge in [0.2, 0.25) is 5.91 Å². The van der Waals surface area contributed by atoms with Gasteiger partial charge in [-0.3, -0.25) is 9.69 Å². The van der Waals surface area contributed by atoms with Crippen molar-refractivity contribution in [3.63, 3.8) is 0 Å². The molecule has 1 heterocycles. The molecule has 0 fully saturated rings. The topological polar surface area (TPSA) is 50.6 Å². The van der Waals surface area contributed by atoms with E-state index in [2.05, 4.69) is 9.84 Å². The Morgan fingerprint density at radius 2 is 1.71 bits per heavy atom. The first kappa shape index (κ1) is 22.4. The van der Waals surface area contributed by atoms with Crippen LogP contribution in [0.3, 0.4) is 0 Å². The number of likely N-dealkylation sites (N-methyl/N-ethyl adjacent to an activating group) is 2. The van der Waals surface area contributed by atoms with Gasteiger partial charge in [0, 0.05) is 37.5 Å². The number of hydrogen-bond acceptors (Lipinski definition) is 4. The van der Waals surface area contributed by atoms with Crippen molar-refractivity contribution in [2.75, 3.05) is 20.6 Å². The van der Waals surface area contributed by atoms with E-state index in [1.165, 1.54) is 12.1 Å². The first-order valence-electron chi connectivity index (χ1n) is 9.56. The first-order valence-corrected chi connectivity index (χ1v) is 9.56. The molecule has 164 valence electrons. The Balaban J connectivity index is 1.56. The van der Waals surface area contributed by atoms with E-state index in [0.717, 1.165) is 11.3 Å². The van der Waals surface area contributed by atoms with Crippen molar-refractivity contribution in [3.8, 4) is 11.4 Å². The Hall–Kier alpha value is -3.33. The highest BCUT2D eigenvalue weighted by molar-refractivity contribution is 5.77. The van der Waals surface area contributed by atoms with Crippen molar-refractivity contribution < 1.29 is 22.7 Å². The molecule has 9 heteroatoms. The SMILES string of the molecule is CN(CC(=O)N(C)Cc1cnn(-c2ccccc2)c1)Cc1ccccc1OC(F)(F)F. The molecule has 0 unspecified atom stereocenters. The van der Waals surface area contributed by atoms with Gasteiger partial charge in [-0.15, -0.1) is 13.2 Å². The number of carbonyl (C=O) groups is 1. The molecule has 0 aliphatic rings. The van der Waals surface area contributed by atoms with Gasteiger partial charge in [-0.2, -0.15) is 5.10 Å². The molecular formula is C22H23F3N4O2. The second-order valence-electron chi connectivity index (χ2n) is 7.21. The van der Waals surface area contributed by atoms with E-state index in [-0.39, 0.29) is 24.7 Å². The van der Waals surface area contributed by atoms with Gasteiger partial charge in [-0.1, -0.05) is 36.4 Å². The first-order chi connectivity index (χ1) is 14.7. The molecule has 0 N–H and O–H groups in total. The molecule has 0 bridgehead atoms. The summed E-state index contributed by atoms with van der Waals surface area (Å²) in [6.45, 7) is 0.550. The van der Waals surface area contributed by atoms with Crippen LogP contribution in [-0.2, 0) is 17.9 Å². The number of benzene rings is 2. The summed E-state index contributed by atoms with van der Waals surface area (Å²) in [6.07, 6.45) is -1.21. The summed E-state index contributed by atoms with van der Waals surface area (Å²) < 4.78 is 43.6. The molecule has 0 saturated heterocycles. The monoisotopic (exact) mass is 432 g/mol. The van der Waals surface area contributed by atoms with Crippen LogP contribution in [-0.4, -0.2) is 52.5 Å². The maximum absolute atomic E-state index is 12.6. The Morgan fingerprint density at radius 1 is 1.03 bits per heavy atom. The predicted molar refractivity (Wildman–Crippen MR) is 109 cm³/mol. The molecule has 1 amide bonds. The second kappa shape index (κ2) is 9.65. The van der Waals surface area contributed by atoms with Crippen LogP contribution in [0.5, 0.6) is 5.75 Å². The number of amides is 1. The minimum atomic E-state index is -4.77. The van der Waals surface area contributed by atoms with Gasteiger partial charge in [-0.25, -0.2) is 4.68 Å². The van der Waals surface area contributed by atoms with Gasteiger partial charge >= 0.3 is 6.36 Å². The molecular weight excluding hydrogens is 409 g/mol. The van der Waals surface area contributed by atoms with Crippen LogP contribution in [0.4, 0.5) is 13.2 Å². The Labute approximate surface area is 178 Å². The number of aromatic nitrogens is 2. The average molecular weight is 432 g/mol. The number of alkyl halides is 3. The van der Waals surface area contributed by atoms with Gasteiger partial charge in [0.1, 0.15) is 5.75 Å². The summed E-state index contributed by atoms with van der Waals surface area (Å²) in [5.41, 5.74) is 2.13. The Kier molecular flexibility index (Phi) is 6.96. The zero-order valence-electron chi connectivity index (χ0n) is 17.2. The molecule has 0 aliphatic heterocycles. The van der Waals surface area contributed by atoms with Gasteiger partial charge in [0.15, 0.2) is 0 Å². The van der Waals surface area contributed by atoms with Crippen molar-refractivity contribution >= 4 is 5.91 Å². The van der Waals surface area contributed by atoms with Crippen LogP contribution in [0.25, 0.3) is 5.69 Å². The van der Waals surface area contributed by atoms with Crippen molar-refractivity contribution in [1.29, 1.82) is 0 Å². The number of halogens is 3. The van der Waals surface area contributed by atoms with Crippen molar-refractivity contribution in [1.82, 2.24) is 19.6 Å². The van der Waals surface area contributed by atoms with E-state index >= 15 is 0 Å². The van der Waals surface area contributed by atoms with Gasteiger partial charge in [-0.05, 0) is 25.2 Å². The molecule has 6 nitrogen and oxygen atoms in total. The molecule has 3 rings (SSSR count). The fourth-order valence-electron chi connectivity index (χ4n) is 3.08. The molecule has 0 aliphatic carbocycles. The van der Waals surface area contributed by atoms with E-state index in [1.54, 1.807) is 46.9 Å². The number of carbonyl (C=O) groups excluding carboxylic acids is 1. The van der Waals surface area contributed by atoms with E-state index < -0.39 is 6.36 Å². The van der Waals surface area contributed by atoms with E-state index in [4.69, 9.17) is 0 Å². The van der Waals surface area contributed by atoms with Crippen molar-refractivity contribution in [2.24, 2.45) is 0 Å². The van der Waals surface area contributed by atoms with Crippen LogP contribution >= 0.6 is 0 Å². The lowest BCUT2D eigenvalue weighted by Gasteiger charge is -2.22. The number of ether oxygens (including phenoxy) is 1. The van der Waals surface area contributed by atoms with Crippen molar-refractivity contribution in [3.05, 3.63) is 78.1 Å².